The largest absolute Gasteiger partial charge is 0.459 e. The van der Waals surface area contributed by atoms with E-state index in [0.717, 1.165) is 12.1 Å². The van der Waals surface area contributed by atoms with Crippen molar-refractivity contribution in [1.29, 1.82) is 0 Å². The molecule has 0 aliphatic heterocycles. The molecule has 10 heteroatoms. The van der Waals surface area contributed by atoms with Crippen LogP contribution in [0.4, 0.5) is 15.9 Å². The van der Waals surface area contributed by atoms with Gasteiger partial charge in [0.25, 0.3) is 17.4 Å². The summed E-state index contributed by atoms with van der Waals surface area (Å²) in [5, 5.41) is 5.30. The van der Waals surface area contributed by atoms with E-state index in [1.54, 1.807) is 0 Å². The Bertz CT molecular complexity index is 1080. The van der Waals surface area contributed by atoms with Crippen LogP contribution in [-0.4, -0.2) is 27.0 Å². The third-order valence-corrected chi connectivity index (χ3v) is 4.45. The van der Waals surface area contributed by atoms with Crippen molar-refractivity contribution in [2.75, 3.05) is 10.6 Å². The summed E-state index contributed by atoms with van der Waals surface area (Å²) in [5.74, 6) is -1.90. The monoisotopic (exact) mass is 416 g/mol. The third-order valence-electron chi connectivity index (χ3n) is 3.57. The first-order chi connectivity index (χ1) is 13.8. The van der Waals surface area contributed by atoms with E-state index in [9.17, 15) is 18.8 Å². The Labute approximate surface area is 168 Å². The van der Waals surface area contributed by atoms with E-state index in [1.165, 1.54) is 42.3 Å². The maximum atomic E-state index is 13.1. The van der Waals surface area contributed by atoms with Crippen molar-refractivity contribution in [3.8, 4) is 0 Å². The van der Waals surface area contributed by atoms with Crippen LogP contribution in [0.15, 0.2) is 57.0 Å². The molecule has 0 fully saturated rings. The lowest BCUT2D eigenvalue weighted by atomic mass is 10.2. The smallest absolute Gasteiger partial charge is 0.292 e. The van der Waals surface area contributed by atoms with Gasteiger partial charge in [0, 0.05) is 10.8 Å². The molecular weight excluding hydrogens is 399 g/mol. The van der Waals surface area contributed by atoms with Gasteiger partial charge in [0.15, 0.2) is 22.4 Å². The molecule has 2 amide bonds. The summed E-state index contributed by atoms with van der Waals surface area (Å²) in [6.45, 7) is 3.83. The number of nitrogens with zero attached hydrogens (tertiary/aromatic N) is 1. The van der Waals surface area contributed by atoms with Crippen molar-refractivity contribution in [1.82, 2.24) is 9.97 Å². The molecule has 1 aromatic carbocycles. The van der Waals surface area contributed by atoms with Gasteiger partial charge < -0.3 is 15.1 Å². The fourth-order valence-electron chi connectivity index (χ4n) is 2.30. The van der Waals surface area contributed by atoms with Gasteiger partial charge in [-0.15, -0.1) is 0 Å². The number of rotatable bonds is 6. The van der Waals surface area contributed by atoms with E-state index in [1.807, 2.05) is 13.8 Å². The standard InChI is InChI=1S/C19H17FN4O4S/c1-10(2)29-19-23-15(22-17(26)13-4-3-9-28-13)14(18(27)24-19)21-16(25)11-5-7-12(20)8-6-11/h3-10H,1-2H3,(H,21,25)(H2,22,23,24,26,27). The van der Waals surface area contributed by atoms with Crippen LogP contribution < -0.4 is 16.2 Å². The van der Waals surface area contributed by atoms with Crippen LogP contribution in [0.5, 0.6) is 0 Å². The zero-order chi connectivity index (χ0) is 21.0. The van der Waals surface area contributed by atoms with E-state index in [0.29, 0.717) is 0 Å². The number of aromatic nitrogens is 2. The number of carbonyl (C=O) groups excluding carboxylic acids is 2. The molecule has 3 N–H and O–H groups in total. The highest BCUT2D eigenvalue weighted by Crippen LogP contribution is 2.23. The minimum atomic E-state index is -0.657. The highest BCUT2D eigenvalue weighted by Gasteiger charge is 2.20. The number of aromatic amines is 1. The van der Waals surface area contributed by atoms with Gasteiger partial charge in [-0.05, 0) is 36.4 Å². The number of benzene rings is 1. The molecule has 3 aromatic rings. The molecule has 0 radical (unpaired) electrons. The Balaban J connectivity index is 1.95. The van der Waals surface area contributed by atoms with Crippen molar-refractivity contribution < 1.29 is 18.4 Å². The molecule has 2 heterocycles. The molecule has 8 nitrogen and oxygen atoms in total. The van der Waals surface area contributed by atoms with Crippen LogP contribution in [-0.2, 0) is 0 Å². The van der Waals surface area contributed by atoms with Crippen molar-refractivity contribution in [3.63, 3.8) is 0 Å². The summed E-state index contributed by atoms with van der Waals surface area (Å²) in [7, 11) is 0. The average molecular weight is 416 g/mol. The molecule has 0 saturated heterocycles. The van der Waals surface area contributed by atoms with Crippen LogP contribution >= 0.6 is 11.8 Å². The molecular formula is C19H17FN4O4S. The Morgan fingerprint density at radius 3 is 2.48 bits per heavy atom. The van der Waals surface area contributed by atoms with Crippen molar-refractivity contribution in [3.05, 3.63) is 70.2 Å². The van der Waals surface area contributed by atoms with Gasteiger partial charge in [-0.25, -0.2) is 9.37 Å². The highest BCUT2D eigenvalue weighted by atomic mass is 32.2. The molecule has 0 spiro atoms. The van der Waals surface area contributed by atoms with E-state index >= 15 is 0 Å². The minimum absolute atomic E-state index is 0.0148. The summed E-state index contributed by atoms with van der Waals surface area (Å²) in [6, 6.07) is 7.78. The quantitative estimate of drug-likeness (QED) is 0.418. The van der Waals surface area contributed by atoms with E-state index in [-0.39, 0.29) is 33.2 Å². The number of thioether (sulfide) groups is 1. The molecule has 0 bridgehead atoms. The lowest BCUT2D eigenvalue weighted by molar-refractivity contribution is 0.0992. The van der Waals surface area contributed by atoms with Crippen LogP contribution in [0, 0.1) is 5.82 Å². The number of amides is 2. The van der Waals surface area contributed by atoms with Crippen LogP contribution in [0.3, 0.4) is 0 Å². The number of hydrogen-bond acceptors (Lipinski definition) is 6. The van der Waals surface area contributed by atoms with E-state index < -0.39 is 23.2 Å². The van der Waals surface area contributed by atoms with E-state index in [4.69, 9.17) is 4.42 Å². The first-order valence-electron chi connectivity index (χ1n) is 8.56. The van der Waals surface area contributed by atoms with Gasteiger partial charge in [0.05, 0.1) is 6.26 Å². The lowest BCUT2D eigenvalue weighted by Crippen LogP contribution is -2.25. The van der Waals surface area contributed by atoms with Crippen LogP contribution in [0.25, 0.3) is 0 Å². The highest BCUT2D eigenvalue weighted by molar-refractivity contribution is 7.99. The Morgan fingerprint density at radius 1 is 1.14 bits per heavy atom. The first kappa shape index (κ1) is 20.3. The summed E-state index contributed by atoms with van der Waals surface area (Å²) in [5.41, 5.74) is -0.754. The molecule has 150 valence electrons. The lowest BCUT2D eigenvalue weighted by Gasteiger charge is -2.12. The number of nitrogens with one attached hydrogen (secondary N) is 3. The van der Waals surface area contributed by atoms with Gasteiger partial charge in [-0.3, -0.25) is 19.4 Å². The third kappa shape index (κ3) is 5.11. The molecule has 0 atom stereocenters. The number of anilines is 2. The fraction of sp³-hybridized carbons (Fsp3) is 0.158. The zero-order valence-corrected chi connectivity index (χ0v) is 16.3. The molecule has 0 saturated carbocycles. The van der Waals surface area contributed by atoms with Gasteiger partial charge in [0.1, 0.15) is 5.82 Å². The first-order valence-corrected chi connectivity index (χ1v) is 9.44. The zero-order valence-electron chi connectivity index (χ0n) is 15.5. The summed E-state index contributed by atoms with van der Waals surface area (Å²) < 4.78 is 18.1. The average Bonchev–Trinajstić information content (AvgIpc) is 3.19. The predicted molar refractivity (Wildman–Crippen MR) is 107 cm³/mol. The fourth-order valence-corrected chi connectivity index (χ4v) is 3.04. The predicted octanol–water partition coefficient (Wildman–Crippen LogP) is 3.51. The number of carbonyl (C=O) groups is 2. The SMILES string of the molecule is CC(C)Sc1nc(NC(=O)c2ccco2)c(NC(=O)c2ccc(F)cc2)c(=O)[nH]1. The number of furan rings is 1. The second-order valence-corrected chi connectivity index (χ2v) is 7.72. The molecule has 3 rings (SSSR count). The summed E-state index contributed by atoms with van der Waals surface area (Å²) >= 11 is 1.28. The summed E-state index contributed by atoms with van der Waals surface area (Å²) in [6.07, 6.45) is 1.33. The van der Waals surface area contributed by atoms with Crippen LogP contribution in [0.1, 0.15) is 34.8 Å². The normalized spacial score (nSPS) is 10.8. The van der Waals surface area contributed by atoms with Gasteiger partial charge in [0.2, 0.25) is 0 Å². The minimum Gasteiger partial charge on any atom is -0.459 e. The van der Waals surface area contributed by atoms with Gasteiger partial charge in [-0.2, -0.15) is 0 Å². The maximum Gasteiger partial charge on any atom is 0.292 e. The Hall–Kier alpha value is -3.40. The number of halogens is 1. The van der Waals surface area contributed by atoms with Crippen LogP contribution in [0.2, 0.25) is 0 Å². The Kier molecular flexibility index (Phi) is 6.13. The maximum absolute atomic E-state index is 13.1. The molecule has 2 aromatic heterocycles. The second-order valence-electron chi connectivity index (χ2n) is 6.15. The number of H-pyrrole nitrogens is 1. The molecule has 0 unspecified atom stereocenters. The van der Waals surface area contributed by atoms with Crippen molar-refractivity contribution in [2.45, 2.75) is 24.3 Å². The topological polar surface area (TPSA) is 117 Å². The Morgan fingerprint density at radius 2 is 1.86 bits per heavy atom. The van der Waals surface area contributed by atoms with Crippen molar-refractivity contribution >= 4 is 35.1 Å². The summed E-state index contributed by atoms with van der Waals surface area (Å²) in [4.78, 5) is 44.2. The van der Waals surface area contributed by atoms with Crippen molar-refractivity contribution in [2.24, 2.45) is 0 Å². The molecule has 0 aliphatic carbocycles. The second kappa shape index (κ2) is 8.74. The molecule has 29 heavy (non-hydrogen) atoms. The van der Waals surface area contributed by atoms with Gasteiger partial charge in [-0.1, -0.05) is 25.6 Å². The van der Waals surface area contributed by atoms with E-state index in [2.05, 4.69) is 20.6 Å². The number of hydrogen-bond donors (Lipinski definition) is 3. The molecule has 0 aliphatic rings. The van der Waals surface area contributed by atoms with Gasteiger partial charge >= 0.3 is 0 Å².